The third kappa shape index (κ3) is 6.49. The Hall–Kier alpha value is -3.07. The molecule has 2 aromatic rings. The fraction of sp³-hybridized carbons (Fsp3) is 0.517. The van der Waals surface area contributed by atoms with Crippen LogP contribution in [0.2, 0.25) is 0 Å². The predicted molar refractivity (Wildman–Crippen MR) is 137 cm³/mol. The van der Waals surface area contributed by atoms with Crippen molar-refractivity contribution in [3.05, 3.63) is 70.8 Å². The highest BCUT2D eigenvalue weighted by molar-refractivity contribution is 5.94. The van der Waals surface area contributed by atoms with Crippen LogP contribution in [0.4, 0.5) is 18.0 Å². The molecule has 2 fully saturated rings. The number of amides is 2. The normalized spacial score (nSPS) is 18.3. The van der Waals surface area contributed by atoms with Crippen LogP contribution >= 0.6 is 0 Å². The second kappa shape index (κ2) is 11.8. The van der Waals surface area contributed by atoms with Crippen LogP contribution in [-0.2, 0) is 16.5 Å². The number of aliphatic hydroxyl groups is 1. The fourth-order valence-electron chi connectivity index (χ4n) is 5.21. The van der Waals surface area contributed by atoms with Crippen LogP contribution in [-0.4, -0.2) is 59.7 Å². The van der Waals surface area contributed by atoms with Crippen LogP contribution < -0.4 is 0 Å². The monoisotopic (exact) mass is 532 g/mol. The van der Waals surface area contributed by atoms with E-state index in [1.54, 1.807) is 34.1 Å². The molecule has 4 rings (SSSR count). The van der Waals surface area contributed by atoms with Crippen LogP contribution in [0.15, 0.2) is 48.5 Å². The third-order valence-electron chi connectivity index (χ3n) is 7.73. The van der Waals surface area contributed by atoms with E-state index in [9.17, 15) is 27.9 Å². The molecule has 2 aliphatic rings. The maximum absolute atomic E-state index is 13.1. The lowest BCUT2D eigenvalue weighted by molar-refractivity contribution is -0.137. The van der Waals surface area contributed by atoms with Crippen LogP contribution in [0.5, 0.6) is 0 Å². The minimum absolute atomic E-state index is 0.0981. The van der Waals surface area contributed by atoms with Crippen molar-refractivity contribution in [2.75, 3.05) is 32.8 Å². The van der Waals surface area contributed by atoms with Gasteiger partial charge in [-0.2, -0.15) is 13.2 Å². The highest BCUT2D eigenvalue weighted by Gasteiger charge is 2.36. The number of carbonyl (C=O) groups excluding carboxylic acids is 2. The Morgan fingerprint density at radius 2 is 1.55 bits per heavy atom. The molecule has 2 amide bonds. The van der Waals surface area contributed by atoms with E-state index in [0.717, 1.165) is 30.5 Å². The Kier molecular flexibility index (Phi) is 8.65. The summed E-state index contributed by atoms with van der Waals surface area (Å²) in [5.74, 6) is 0.0202. The van der Waals surface area contributed by atoms with E-state index in [2.05, 4.69) is 0 Å². The van der Waals surface area contributed by atoms with Gasteiger partial charge < -0.3 is 19.6 Å². The molecule has 206 valence electrons. The first-order valence-corrected chi connectivity index (χ1v) is 13.3. The van der Waals surface area contributed by atoms with Gasteiger partial charge in [0.15, 0.2) is 0 Å². The van der Waals surface area contributed by atoms with Gasteiger partial charge in [-0.05, 0) is 73.4 Å². The van der Waals surface area contributed by atoms with Gasteiger partial charge in [0.1, 0.15) is 0 Å². The van der Waals surface area contributed by atoms with Crippen molar-refractivity contribution in [1.82, 2.24) is 9.80 Å². The average molecular weight is 533 g/mol. The zero-order chi connectivity index (χ0) is 27.3. The Morgan fingerprint density at radius 3 is 2.11 bits per heavy atom. The van der Waals surface area contributed by atoms with Crippen molar-refractivity contribution >= 4 is 12.0 Å². The molecule has 0 aliphatic carbocycles. The molecule has 0 saturated carbocycles. The van der Waals surface area contributed by atoms with Crippen LogP contribution in [0, 0.1) is 0 Å². The Balaban J connectivity index is 1.29. The zero-order valence-corrected chi connectivity index (χ0v) is 21.7. The lowest BCUT2D eigenvalue weighted by atomic mass is 9.84. The summed E-state index contributed by atoms with van der Waals surface area (Å²) in [5.41, 5.74) is 0.388. The maximum atomic E-state index is 13.1. The van der Waals surface area contributed by atoms with Gasteiger partial charge in [0, 0.05) is 31.7 Å². The number of hydrogen-bond donors (Lipinski definition) is 1. The molecule has 0 aromatic heterocycles. The van der Waals surface area contributed by atoms with Crippen molar-refractivity contribution in [1.29, 1.82) is 0 Å². The number of likely N-dealkylation sites (tertiary alicyclic amines) is 2. The highest BCUT2D eigenvalue weighted by Crippen LogP contribution is 2.35. The lowest BCUT2D eigenvalue weighted by Crippen LogP contribution is -2.45. The van der Waals surface area contributed by atoms with Gasteiger partial charge in [-0.25, -0.2) is 4.79 Å². The van der Waals surface area contributed by atoms with E-state index in [4.69, 9.17) is 4.74 Å². The number of ether oxygens (including phenoxy) is 1. The number of unbranched alkanes of at least 4 members (excludes halogenated alkanes) is 1. The van der Waals surface area contributed by atoms with E-state index < -0.39 is 17.3 Å². The van der Waals surface area contributed by atoms with Crippen molar-refractivity contribution in [3.63, 3.8) is 0 Å². The van der Waals surface area contributed by atoms with Crippen LogP contribution in [0.1, 0.15) is 78.4 Å². The number of alkyl halides is 3. The van der Waals surface area contributed by atoms with Gasteiger partial charge in [0.25, 0.3) is 5.91 Å². The summed E-state index contributed by atoms with van der Waals surface area (Å²) in [5, 5.41) is 11.2. The molecule has 1 N–H and O–H groups in total. The predicted octanol–water partition coefficient (Wildman–Crippen LogP) is 5.95. The summed E-state index contributed by atoms with van der Waals surface area (Å²) in [6.07, 6.45) is -0.764. The summed E-state index contributed by atoms with van der Waals surface area (Å²) >= 11 is 0. The Bertz CT molecular complexity index is 1090. The molecule has 2 aromatic carbocycles. The number of carbonyl (C=O) groups is 2. The van der Waals surface area contributed by atoms with E-state index in [0.29, 0.717) is 69.6 Å². The van der Waals surface area contributed by atoms with Gasteiger partial charge in [-0.3, -0.25) is 4.79 Å². The molecule has 0 bridgehead atoms. The van der Waals surface area contributed by atoms with Crippen molar-refractivity contribution in [2.24, 2.45) is 0 Å². The number of benzene rings is 2. The van der Waals surface area contributed by atoms with Gasteiger partial charge in [0.2, 0.25) is 0 Å². The summed E-state index contributed by atoms with van der Waals surface area (Å²) in [6.45, 7) is 4.29. The average Bonchev–Trinajstić information content (AvgIpc) is 2.93. The quantitative estimate of drug-likeness (QED) is 0.467. The van der Waals surface area contributed by atoms with Crippen molar-refractivity contribution < 1.29 is 32.6 Å². The second-order valence-corrected chi connectivity index (χ2v) is 10.3. The molecule has 0 radical (unpaired) electrons. The molecule has 9 heteroatoms. The van der Waals surface area contributed by atoms with E-state index in [1.807, 2.05) is 6.92 Å². The minimum Gasteiger partial charge on any atom is -0.449 e. The summed E-state index contributed by atoms with van der Waals surface area (Å²) < 4.78 is 43.8. The topological polar surface area (TPSA) is 70.1 Å². The molecular formula is C29H35F3N2O4. The molecule has 2 saturated heterocycles. The van der Waals surface area contributed by atoms with Gasteiger partial charge in [0.05, 0.1) is 17.8 Å². The number of rotatable bonds is 6. The number of halogens is 3. The molecule has 0 atom stereocenters. The Morgan fingerprint density at radius 1 is 0.947 bits per heavy atom. The molecule has 0 unspecified atom stereocenters. The number of piperidine rings is 2. The van der Waals surface area contributed by atoms with Gasteiger partial charge in [-0.15, -0.1) is 0 Å². The van der Waals surface area contributed by atoms with E-state index >= 15 is 0 Å². The van der Waals surface area contributed by atoms with E-state index in [1.165, 1.54) is 12.1 Å². The molecule has 2 heterocycles. The molecule has 0 spiro atoms. The van der Waals surface area contributed by atoms with E-state index in [-0.39, 0.29) is 17.9 Å². The fourth-order valence-corrected chi connectivity index (χ4v) is 5.21. The van der Waals surface area contributed by atoms with Crippen molar-refractivity contribution in [3.8, 4) is 0 Å². The zero-order valence-electron chi connectivity index (χ0n) is 21.7. The first-order valence-electron chi connectivity index (χ1n) is 13.3. The van der Waals surface area contributed by atoms with Crippen LogP contribution in [0.3, 0.4) is 0 Å². The first-order chi connectivity index (χ1) is 18.1. The van der Waals surface area contributed by atoms with Crippen molar-refractivity contribution in [2.45, 2.75) is 63.1 Å². The Labute approximate surface area is 221 Å². The lowest BCUT2D eigenvalue weighted by Gasteiger charge is -2.38. The largest absolute Gasteiger partial charge is 0.449 e. The second-order valence-electron chi connectivity index (χ2n) is 10.3. The third-order valence-corrected chi connectivity index (χ3v) is 7.73. The maximum Gasteiger partial charge on any atom is 0.416 e. The summed E-state index contributed by atoms with van der Waals surface area (Å²) in [4.78, 5) is 28.6. The number of hydrogen-bond acceptors (Lipinski definition) is 4. The standard InChI is InChI=1S/C29H35F3N2O4/c1-2-3-20-38-27(36)34-18-14-28(37,15-19-34)24-8-6-23(7-9-24)26(35)33-16-12-22(13-17-33)21-4-10-25(11-5-21)29(30,31)32/h4-11,22,37H,2-3,12-20H2,1H3. The van der Waals surface area contributed by atoms with Gasteiger partial charge >= 0.3 is 12.3 Å². The smallest absolute Gasteiger partial charge is 0.416 e. The molecule has 38 heavy (non-hydrogen) atoms. The van der Waals surface area contributed by atoms with Crippen LogP contribution in [0.25, 0.3) is 0 Å². The summed E-state index contributed by atoms with van der Waals surface area (Å²) in [6, 6.07) is 12.3. The number of nitrogens with zero attached hydrogens (tertiary/aromatic N) is 2. The SMILES string of the molecule is CCCCOC(=O)N1CCC(O)(c2ccc(C(=O)N3CCC(c4ccc(C(F)(F)F)cc4)CC3)cc2)CC1. The minimum atomic E-state index is -4.35. The highest BCUT2D eigenvalue weighted by atomic mass is 19.4. The molecule has 6 nitrogen and oxygen atoms in total. The molecule has 2 aliphatic heterocycles. The first kappa shape index (κ1) is 28.0. The summed E-state index contributed by atoms with van der Waals surface area (Å²) in [7, 11) is 0. The molecular weight excluding hydrogens is 497 g/mol. The van der Waals surface area contributed by atoms with Gasteiger partial charge in [-0.1, -0.05) is 37.6 Å².